The lowest BCUT2D eigenvalue weighted by Crippen LogP contribution is -2.21. The zero-order chi connectivity index (χ0) is 17.6. The molecule has 25 heavy (non-hydrogen) atoms. The average Bonchev–Trinajstić information content (AvgIpc) is 2.62. The second-order valence-electron chi connectivity index (χ2n) is 5.37. The van der Waals surface area contributed by atoms with Crippen LogP contribution in [0.5, 0.6) is 0 Å². The summed E-state index contributed by atoms with van der Waals surface area (Å²) in [7, 11) is 0. The third-order valence-electron chi connectivity index (χ3n) is 3.71. The second kappa shape index (κ2) is 7.49. The van der Waals surface area contributed by atoms with Gasteiger partial charge in [0, 0.05) is 5.39 Å². The quantitative estimate of drug-likeness (QED) is 0.682. The number of carbonyl (C=O) groups is 2. The molecule has 3 aromatic rings. The number of urea groups is 1. The molecule has 0 radical (unpaired) electrons. The number of rotatable bonds is 4. The van der Waals surface area contributed by atoms with Crippen LogP contribution in [-0.2, 0) is 4.74 Å². The predicted molar refractivity (Wildman–Crippen MR) is 99.0 cm³/mol. The van der Waals surface area contributed by atoms with Crippen LogP contribution in [0.1, 0.15) is 17.3 Å². The molecule has 0 heterocycles. The van der Waals surface area contributed by atoms with Crippen LogP contribution in [0.15, 0.2) is 66.7 Å². The van der Waals surface area contributed by atoms with Gasteiger partial charge in [-0.05, 0) is 30.5 Å². The summed E-state index contributed by atoms with van der Waals surface area (Å²) in [4.78, 5) is 24.4. The summed E-state index contributed by atoms with van der Waals surface area (Å²) >= 11 is 0. The number of ether oxygens (including phenoxy) is 1. The van der Waals surface area contributed by atoms with E-state index >= 15 is 0 Å². The molecular weight excluding hydrogens is 316 g/mol. The van der Waals surface area contributed by atoms with Crippen molar-refractivity contribution >= 4 is 34.1 Å². The van der Waals surface area contributed by atoms with Crippen molar-refractivity contribution in [1.82, 2.24) is 0 Å². The fraction of sp³-hybridized carbons (Fsp3) is 0.100. The van der Waals surface area contributed by atoms with E-state index in [-0.39, 0.29) is 6.61 Å². The number of hydrogen-bond acceptors (Lipinski definition) is 3. The SMILES string of the molecule is CCOC(=O)c1ccccc1NC(=O)Nc1cccc2ccccc12. The van der Waals surface area contributed by atoms with Crippen molar-refractivity contribution in [3.05, 3.63) is 72.3 Å². The highest BCUT2D eigenvalue weighted by atomic mass is 16.5. The minimum absolute atomic E-state index is 0.273. The Morgan fingerprint density at radius 2 is 1.48 bits per heavy atom. The van der Waals surface area contributed by atoms with Crippen LogP contribution in [-0.4, -0.2) is 18.6 Å². The van der Waals surface area contributed by atoms with Crippen molar-refractivity contribution in [1.29, 1.82) is 0 Å². The molecule has 0 spiro atoms. The van der Waals surface area contributed by atoms with Gasteiger partial charge in [-0.2, -0.15) is 0 Å². The Morgan fingerprint density at radius 3 is 2.32 bits per heavy atom. The number of esters is 1. The van der Waals surface area contributed by atoms with Crippen molar-refractivity contribution in [3.63, 3.8) is 0 Å². The molecule has 0 saturated heterocycles. The summed E-state index contributed by atoms with van der Waals surface area (Å²) in [6.45, 7) is 2.01. The summed E-state index contributed by atoms with van der Waals surface area (Å²) in [6.07, 6.45) is 0. The first-order valence-corrected chi connectivity index (χ1v) is 8.01. The molecule has 0 saturated carbocycles. The standard InChI is InChI=1S/C20H18N2O3/c1-2-25-19(23)16-11-5-6-12-18(16)22-20(24)21-17-13-7-9-14-8-3-4-10-15(14)17/h3-13H,2H2,1H3,(H2,21,22,24). The van der Waals surface area contributed by atoms with E-state index in [2.05, 4.69) is 10.6 Å². The van der Waals surface area contributed by atoms with Gasteiger partial charge >= 0.3 is 12.0 Å². The summed E-state index contributed by atoms with van der Waals surface area (Å²) in [6, 6.07) is 19.8. The fourth-order valence-electron chi connectivity index (χ4n) is 2.59. The number of anilines is 2. The topological polar surface area (TPSA) is 67.4 Å². The fourth-order valence-corrected chi connectivity index (χ4v) is 2.59. The molecule has 3 aromatic carbocycles. The van der Waals surface area contributed by atoms with E-state index in [0.29, 0.717) is 16.9 Å². The Labute approximate surface area is 145 Å². The van der Waals surface area contributed by atoms with E-state index in [1.54, 1.807) is 31.2 Å². The van der Waals surface area contributed by atoms with E-state index in [4.69, 9.17) is 4.74 Å². The molecule has 0 atom stereocenters. The highest BCUT2D eigenvalue weighted by Crippen LogP contribution is 2.23. The van der Waals surface area contributed by atoms with Crippen LogP contribution in [0.2, 0.25) is 0 Å². The van der Waals surface area contributed by atoms with Crippen molar-refractivity contribution in [2.45, 2.75) is 6.92 Å². The van der Waals surface area contributed by atoms with Crippen LogP contribution >= 0.6 is 0 Å². The number of carbonyl (C=O) groups excluding carboxylic acids is 2. The van der Waals surface area contributed by atoms with Gasteiger partial charge in [0.15, 0.2) is 0 Å². The second-order valence-corrected chi connectivity index (χ2v) is 5.37. The van der Waals surface area contributed by atoms with Crippen LogP contribution < -0.4 is 10.6 Å². The van der Waals surface area contributed by atoms with Crippen molar-refractivity contribution in [3.8, 4) is 0 Å². The van der Waals surface area contributed by atoms with Gasteiger partial charge in [0.05, 0.1) is 23.5 Å². The first kappa shape index (κ1) is 16.5. The Balaban J connectivity index is 1.80. The normalized spacial score (nSPS) is 10.3. The number of fused-ring (bicyclic) bond motifs is 1. The highest BCUT2D eigenvalue weighted by molar-refractivity contribution is 6.08. The Bertz CT molecular complexity index is 916. The highest BCUT2D eigenvalue weighted by Gasteiger charge is 2.14. The van der Waals surface area contributed by atoms with Gasteiger partial charge in [-0.25, -0.2) is 9.59 Å². The smallest absolute Gasteiger partial charge is 0.340 e. The van der Waals surface area contributed by atoms with E-state index < -0.39 is 12.0 Å². The Kier molecular flexibility index (Phi) is 4.95. The van der Waals surface area contributed by atoms with Crippen LogP contribution in [0, 0.1) is 0 Å². The number of nitrogens with one attached hydrogen (secondary N) is 2. The molecule has 5 nitrogen and oxygen atoms in total. The largest absolute Gasteiger partial charge is 0.462 e. The number of amides is 2. The van der Waals surface area contributed by atoms with Gasteiger partial charge in [0.25, 0.3) is 0 Å². The molecule has 0 aliphatic heterocycles. The third kappa shape index (κ3) is 3.77. The summed E-state index contributed by atoms with van der Waals surface area (Å²) < 4.78 is 5.02. The minimum atomic E-state index is -0.469. The monoisotopic (exact) mass is 334 g/mol. The molecule has 126 valence electrons. The van der Waals surface area contributed by atoms with Gasteiger partial charge in [-0.1, -0.05) is 48.5 Å². The van der Waals surface area contributed by atoms with Crippen molar-refractivity contribution < 1.29 is 14.3 Å². The molecule has 3 rings (SSSR count). The van der Waals surface area contributed by atoms with Crippen LogP contribution in [0.25, 0.3) is 10.8 Å². The van der Waals surface area contributed by atoms with Gasteiger partial charge in [-0.3, -0.25) is 0 Å². The molecular formula is C20H18N2O3. The molecule has 0 aromatic heterocycles. The molecule has 0 fully saturated rings. The molecule has 2 amide bonds. The molecule has 2 N–H and O–H groups in total. The first-order chi connectivity index (χ1) is 12.2. The van der Waals surface area contributed by atoms with Gasteiger partial charge in [-0.15, -0.1) is 0 Å². The lowest BCUT2D eigenvalue weighted by Gasteiger charge is -2.12. The number of hydrogen-bond donors (Lipinski definition) is 2. The third-order valence-corrected chi connectivity index (χ3v) is 3.71. The molecule has 5 heteroatoms. The van der Waals surface area contributed by atoms with E-state index in [1.807, 2.05) is 42.5 Å². The number of benzene rings is 3. The van der Waals surface area contributed by atoms with Crippen molar-refractivity contribution in [2.75, 3.05) is 17.2 Å². The van der Waals surface area contributed by atoms with E-state index in [9.17, 15) is 9.59 Å². The lowest BCUT2D eigenvalue weighted by atomic mass is 10.1. The molecule has 0 aliphatic carbocycles. The maximum atomic E-state index is 12.4. The van der Waals surface area contributed by atoms with E-state index in [1.165, 1.54) is 0 Å². The lowest BCUT2D eigenvalue weighted by molar-refractivity contribution is 0.0527. The van der Waals surface area contributed by atoms with E-state index in [0.717, 1.165) is 10.8 Å². The Hall–Kier alpha value is -3.34. The predicted octanol–water partition coefficient (Wildman–Crippen LogP) is 4.66. The maximum Gasteiger partial charge on any atom is 0.340 e. The number of para-hydroxylation sites is 1. The van der Waals surface area contributed by atoms with Gasteiger partial charge < -0.3 is 15.4 Å². The molecule has 0 bridgehead atoms. The zero-order valence-corrected chi connectivity index (χ0v) is 13.8. The summed E-state index contributed by atoms with van der Waals surface area (Å²) in [5.41, 5.74) is 1.42. The van der Waals surface area contributed by atoms with Gasteiger partial charge in [0.2, 0.25) is 0 Å². The molecule has 0 unspecified atom stereocenters. The zero-order valence-electron chi connectivity index (χ0n) is 13.8. The average molecular weight is 334 g/mol. The molecule has 0 aliphatic rings. The van der Waals surface area contributed by atoms with Crippen LogP contribution in [0.4, 0.5) is 16.2 Å². The van der Waals surface area contributed by atoms with Crippen LogP contribution in [0.3, 0.4) is 0 Å². The Morgan fingerprint density at radius 1 is 0.840 bits per heavy atom. The minimum Gasteiger partial charge on any atom is -0.462 e. The van der Waals surface area contributed by atoms with Gasteiger partial charge in [0.1, 0.15) is 0 Å². The maximum absolute atomic E-state index is 12.4. The summed E-state index contributed by atoms with van der Waals surface area (Å²) in [5.74, 6) is -0.469. The summed E-state index contributed by atoms with van der Waals surface area (Å²) in [5, 5.41) is 7.52. The van der Waals surface area contributed by atoms with Crippen molar-refractivity contribution in [2.24, 2.45) is 0 Å². The first-order valence-electron chi connectivity index (χ1n) is 8.01.